The molecule has 2 aromatic carbocycles. The summed E-state index contributed by atoms with van der Waals surface area (Å²) in [4.78, 5) is 12.4. The highest BCUT2D eigenvalue weighted by atomic mass is 16.5. The van der Waals surface area contributed by atoms with E-state index in [0.29, 0.717) is 12.0 Å². The van der Waals surface area contributed by atoms with Crippen molar-refractivity contribution in [1.29, 1.82) is 0 Å². The topological polar surface area (TPSA) is 66.8 Å². The number of carbonyl (C=O) groups excluding carboxylic acids is 1. The zero-order valence-electron chi connectivity index (χ0n) is 14.6. The third kappa shape index (κ3) is 4.73. The van der Waals surface area contributed by atoms with Crippen LogP contribution in [0, 0.1) is 0 Å². The van der Waals surface area contributed by atoms with Crippen molar-refractivity contribution in [3.05, 3.63) is 70.8 Å². The molecular weight excluding hydrogens is 316 g/mol. The molecule has 0 atom stereocenters. The van der Waals surface area contributed by atoms with Crippen LogP contribution in [0.2, 0.25) is 0 Å². The van der Waals surface area contributed by atoms with E-state index < -0.39 is 0 Å². The van der Waals surface area contributed by atoms with Gasteiger partial charge in [0.25, 0.3) is 0 Å². The van der Waals surface area contributed by atoms with Crippen molar-refractivity contribution in [2.75, 3.05) is 7.11 Å². The van der Waals surface area contributed by atoms with Crippen LogP contribution in [0.1, 0.15) is 35.3 Å². The van der Waals surface area contributed by atoms with Gasteiger partial charge in [-0.1, -0.05) is 29.9 Å². The van der Waals surface area contributed by atoms with Crippen molar-refractivity contribution in [2.24, 2.45) is 0 Å². The molecule has 0 bridgehead atoms. The van der Waals surface area contributed by atoms with Gasteiger partial charge in [-0.2, -0.15) is 0 Å². The lowest BCUT2D eigenvalue weighted by Gasteiger charge is -2.09. The largest absolute Gasteiger partial charge is 0.508 e. The summed E-state index contributed by atoms with van der Waals surface area (Å²) in [6.07, 6.45) is 5.32. The molecule has 4 nitrogen and oxygen atoms in total. The quantitative estimate of drug-likeness (QED) is 0.462. The number of carbonyl (C=O) groups is 1. The van der Waals surface area contributed by atoms with Crippen LogP contribution < -0.4 is 4.74 Å². The van der Waals surface area contributed by atoms with Crippen molar-refractivity contribution < 1.29 is 19.7 Å². The fraction of sp³-hybridized carbons (Fsp3) is 0.190. The molecule has 2 N–H and O–H groups in total. The molecule has 4 heteroatoms. The van der Waals surface area contributed by atoms with Gasteiger partial charge in [-0.05, 0) is 56.2 Å². The Morgan fingerprint density at radius 3 is 2.36 bits per heavy atom. The van der Waals surface area contributed by atoms with E-state index in [1.54, 1.807) is 25.3 Å². The molecule has 0 aliphatic heterocycles. The number of phenols is 2. The van der Waals surface area contributed by atoms with E-state index in [2.05, 4.69) is 0 Å². The van der Waals surface area contributed by atoms with Gasteiger partial charge in [0.2, 0.25) is 0 Å². The van der Waals surface area contributed by atoms with E-state index in [0.717, 1.165) is 16.9 Å². The molecule has 130 valence electrons. The zero-order chi connectivity index (χ0) is 18.4. The Balaban J connectivity index is 2.24. The average molecular weight is 338 g/mol. The number of hydrogen-bond donors (Lipinski definition) is 2. The molecule has 0 radical (unpaired) electrons. The average Bonchev–Trinajstić information content (AvgIpc) is 2.59. The maximum Gasteiger partial charge on any atom is 0.189 e. The molecule has 0 spiro atoms. The Kier molecular flexibility index (Phi) is 6.01. The maximum atomic E-state index is 12.4. The fourth-order valence-electron chi connectivity index (χ4n) is 2.31. The van der Waals surface area contributed by atoms with E-state index in [4.69, 9.17) is 4.74 Å². The summed E-state index contributed by atoms with van der Waals surface area (Å²) < 4.78 is 5.09. The monoisotopic (exact) mass is 338 g/mol. The number of ketones is 1. The van der Waals surface area contributed by atoms with Crippen LogP contribution >= 0.6 is 0 Å². The molecule has 0 aliphatic rings. The molecule has 25 heavy (non-hydrogen) atoms. The second-order valence-corrected chi connectivity index (χ2v) is 5.92. The van der Waals surface area contributed by atoms with Crippen LogP contribution in [0.5, 0.6) is 17.2 Å². The molecule has 2 rings (SSSR count). The summed E-state index contributed by atoms with van der Waals surface area (Å²) in [5.74, 6) is 0.211. The number of benzene rings is 2. The Morgan fingerprint density at radius 1 is 1.08 bits per heavy atom. The lowest BCUT2D eigenvalue weighted by Crippen LogP contribution is -1.98. The van der Waals surface area contributed by atoms with Gasteiger partial charge in [0.05, 0.1) is 12.7 Å². The number of rotatable bonds is 6. The molecule has 2 aromatic rings. The molecule has 0 aromatic heterocycles. The van der Waals surface area contributed by atoms with Crippen LogP contribution in [0.3, 0.4) is 0 Å². The minimum Gasteiger partial charge on any atom is -0.508 e. The molecule has 0 amide bonds. The van der Waals surface area contributed by atoms with Gasteiger partial charge in [-0.25, -0.2) is 0 Å². The summed E-state index contributed by atoms with van der Waals surface area (Å²) in [5.41, 5.74) is 2.43. The molecule has 0 fully saturated rings. The molecule has 0 saturated carbocycles. The number of methoxy groups -OCH3 is 1. The van der Waals surface area contributed by atoms with Gasteiger partial charge in [0.15, 0.2) is 5.78 Å². The van der Waals surface area contributed by atoms with E-state index in [1.807, 2.05) is 32.1 Å². The molecule has 0 aliphatic carbocycles. The highest BCUT2D eigenvalue weighted by Crippen LogP contribution is 2.32. The summed E-state index contributed by atoms with van der Waals surface area (Å²) in [5, 5.41) is 20.3. The smallest absolute Gasteiger partial charge is 0.189 e. The van der Waals surface area contributed by atoms with E-state index in [1.165, 1.54) is 18.2 Å². The van der Waals surface area contributed by atoms with Crippen molar-refractivity contribution in [2.45, 2.75) is 20.3 Å². The van der Waals surface area contributed by atoms with Crippen molar-refractivity contribution in [3.63, 3.8) is 0 Å². The van der Waals surface area contributed by atoms with Crippen LogP contribution in [-0.4, -0.2) is 23.1 Å². The van der Waals surface area contributed by atoms with Crippen LogP contribution in [0.4, 0.5) is 0 Å². The molecule has 0 unspecified atom stereocenters. The van der Waals surface area contributed by atoms with Gasteiger partial charge in [-0.15, -0.1) is 0 Å². The number of aromatic hydroxyl groups is 2. The number of phenolic OH excluding ortho intramolecular Hbond substituents is 2. The van der Waals surface area contributed by atoms with Gasteiger partial charge in [-0.3, -0.25) is 4.79 Å². The molecular formula is C21H22O4. The lowest BCUT2D eigenvalue weighted by molar-refractivity contribution is 0.104. The summed E-state index contributed by atoms with van der Waals surface area (Å²) in [6.45, 7) is 3.86. The van der Waals surface area contributed by atoms with Gasteiger partial charge in [0, 0.05) is 5.56 Å². The summed E-state index contributed by atoms with van der Waals surface area (Å²) >= 11 is 0. The van der Waals surface area contributed by atoms with Crippen LogP contribution in [-0.2, 0) is 6.42 Å². The van der Waals surface area contributed by atoms with Gasteiger partial charge < -0.3 is 14.9 Å². The lowest BCUT2D eigenvalue weighted by atomic mass is 10.0. The first kappa shape index (κ1) is 18.3. The highest BCUT2D eigenvalue weighted by Gasteiger charge is 2.15. The third-order valence-electron chi connectivity index (χ3n) is 3.78. The van der Waals surface area contributed by atoms with E-state index in [-0.39, 0.29) is 22.8 Å². The summed E-state index contributed by atoms with van der Waals surface area (Å²) in [6, 6.07) is 10.1. The molecule has 0 saturated heterocycles. The van der Waals surface area contributed by atoms with Crippen LogP contribution in [0.15, 0.2) is 54.1 Å². The highest BCUT2D eigenvalue weighted by molar-refractivity contribution is 6.09. The van der Waals surface area contributed by atoms with Gasteiger partial charge in [0.1, 0.15) is 17.2 Å². The number of ether oxygens (including phenoxy) is 1. The van der Waals surface area contributed by atoms with Gasteiger partial charge >= 0.3 is 0 Å². The van der Waals surface area contributed by atoms with Crippen LogP contribution in [0.25, 0.3) is 6.08 Å². The number of hydrogen-bond acceptors (Lipinski definition) is 4. The van der Waals surface area contributed by atoms with Crippen molar-refractivity contribution in [1.82, 2.24) is 0 Å². The molecule has 0 heterocycles. The Bertz CT molecular complexity index is 811. The maximum absolute atomic E-state index is 12.4. The first-order valence-electron chi connectivity index (χ1n) is 7.96. The standard InChI is InChI=1S/C21H22O4/c1-14(2)4-10-17-20(23)13-11-18(21(17)24)19(22)12-7-15-5-8-16(25-3)9-6-15/h4-9,11-13,23-24H,10H2,1-3H3. The Hall–Kier alpha value is -3.01. The first-order valence-corrected chi connectivity index (χ1v) is 7.96. The second kappa shape index (κ2) is 8.20. The van der Waals surface area contributed by atoms with Crippen molar-refractivity contribution >= 4 is 11.9 Å². The fourth-order valence-corrected chi connectivity index (χ4v) is 2.31. The third-order valence-corrected chi connectivity index (χ3v) is 3.78. The predicted octanol–water partition coefficient (Wildman–Crippen LogP) is 4.51. The normalized spacial score (nSPS) is 10.7. The number of allylic oxidation sites excluding steroid dienone is 3. The second-order valence-electron chi connectivity index (χ2n) is 5.92. The van der Waals surface area contributed by atoms with E-state index >= 15 is 0 Å². The Labute approximate surface area is 147 Å². The zero-order valence-corrected chi connectivity index (χ0v) is 14.6. The first-order chi connectivity index (χ1) is 11.9. The van der Waals surface area contributed by atoms with Crippen molar-refractivity contribution in [3.8, 4) is 17.2 Å². The van der Waals surface area contributed by atoms with E-state index in [9.17, 15) is 15.0 Å². The predicted molar refractivity (Wildman–Crippen MR) is 99.3 cm³/mol. The SMILES string of the molecule is COc1ccc(C=CC(=O)c2ccc(O)c(CC=C(C)C)c2O)cc1. The summed E-state index contributed by atoms with van der Waals surface area (Å²) in [7, 11) is 1.59. The minimum absolute atomic E-state index is 0.0225. The minimum atomic E-state index is -0.327. The Morgan fingerprint density at radius 2 is 1.76 bits per heavy atom.